The van der Waals surface area contributed by atoms with Crippen LogP contribution in [0, 0.1) is 5.92 Å². The number of benzene rings is 2. The summed E-state index contributed by atoms with van der Waals surface area (Å²) in [5, 5.41) is 0. The second-order valence-electron chi connectivity index (χ2n) is 9.90. The van der Waals surface area contributed by atoms with Crippen LogP contribution in [0.2, 0.25) is 0 Å². The molecule has 0 fully saturated rings. The molecular formula is C30H36N2O4. The fraction of sp³-hybridized carbons (Fsp3) is 0.400. The zero-order valence-corrected chi connectivity index (χ0v) is 21.6. The minimum absolute atomic E-state index is 0.0973. The Kier molecular flexibility index (Phi) is 8.14. The molecule has 2 atom stereocenters. The van der Waals surface area contributed by atoms with Crippen LogP contribution < -0.4 is 4.74 Å². The summed E-state index contributed by atoms with van der Waals surface area (Å²) in [6, 6.07) is 19.7. The van der Waals surface area contributed by atoms with E-state index in [2.05, 4.69) is 32.0 Å². The minimum Gasteiger partial charge on any atom is -0.481 e. The molecule has 4 rings (SSSR count). The molecule has 0 bridgehead atoms. The number of carbonyl (C=O) groups excluding carboxylic acids is 2. The first kappa shape index (κ1) is 25.5. The average molecular weight is 489 g/mol. The predicted molar refractivity (Wildman–Crippen MR) is 139 cm³/mol. The highest BCUT2D eigenvalue weighted by atomic mass is 16.5. The largest absolute Gasteiger partial charge is 0.481 e. The predicted octanol–water partition coefficient (Wildman–Crippen LogP) is 5.62. The van der Waals surface area contributed by atoms with E-state index < -0.39 is 6.10 Å². The molecule has 0 unspecified atom stereocenters. The van der Waals surface area contributed by atoms with Crippen molar-refractivity contribution in [2.24, 2.45) is 5.92 Å². The number of hydrogen-bond donors (Lipinski definition) is 0. The fourth-order valence-corrected chi connectivity index (χ4v) is 4.83. The van der Waals surface area contributed by atoms with Gasteiger partial charge >= 0.3 is 0 Å². The molecule has 2 aromatic carbocycles. The lowest BCUT2D eigenvalue weighted by Crippen LogP contribution is -2.41. The lowest BCUT2D eigenvalue weighted by atomic mass is 9.87. The van der Waals surface area contributed by atoms with Gasteiger partial charge in [0.2, 0.25) is 5.91 Å². The van der Waals surface area contributed by atoms with Crippen molar-refractivity contribution in [2.75, 3.05) is 13.6 Å². The molecule has 0 aliphatic carbocycles. The maximum absolute atomic E-state index is 13.2. The second-order valence-corrected chi connectivity index (χ2v) is 9.90. The molecule has 0 spiro atoms. The van der Waals surface area contributed by atoms with E-state index in [4.69, 9.17) is 9.15 Å². The smallest absolute Gasteiger partial charge is 0.263 e. The van der Waals surface area contributed by atoms with Crippen molar-refractivity contribution >= 4 is 11.8 Å². The van der Waals surface area contributed by atoms with Crippen LogP contribution in [0.5, 0.6) is 5.75 Å². The van der Waals surface area contributed by atoms with E-state index in [9.17, 15) is 9.59 Å². The Bertz CT molecular complexity index is 1160. The van der Waals surface area contributed by atoms with Gasteiger partial charge in [-0.2, -0.15) is 0 Å². The fourth-order valence-electron chi connectivity index (χ4n) is 4.83. The van der Waals surface area contributed by atoms with Crippen molar-refractivity contribution in [3.05, 3.63) is 89.4 Å². The van der Waals surface area contributed by atoms with E-state index in [1.54, 1.807) is 18.2 Å². The number of rotatable bonds is 9. The summed E-state index contributed by atoms with van der Waals surface area (Å²) in [5.74, 6) is 1.72. The van der Waals surface area contributed by atoms with Crippen LogP contribution >= 0.6 is 0 Å². The first-order chi connectivity index (χ1) is 17.4. The van der Waals surface area contributed by atoms with Gasteiger partial charge in [-0.15, -0.1) is 0 Å². The number of furan rings is 1. The molecule has 0 saturated heterocycles. The van der Waals surface area contributed by atoms with Gasteiger partial charge in [-0.3, -0.25) is 9.59 Å². The van der Waals surface area contributed by atoms with Crippen LogP contribution in [0.4, 0.5) is 0 Å². The number of nitrogens with zero attached hydrogens (tertiary/aromatic N) is 2. The molecule has 2 amide bonds. The van der Waals surface area contributed by atoms with E-state index in [1.165, 1.54) is 5.56 Å². The van der Waals surface area contributed by atoms with Gasteiger partial charge in [-0.05, 0) is 59.7 Å². The third kappa shape index (κ3) is 5.81. The monoisotopic (exact) mass is 488 g/mol. The minimum atomic E-state index is -0.611. The van der Waals surface area contributed by atoms with E-state index in [1.807, 2.05) is 54.3 Å². The van der Waals surface area contributed by atoms with Crippen LogP contribution in [0.1, 0.15) is 62.1 Å². The molecule has 6 nitrogen and oxygen atoms in total. The zero-order chi connectivity index (χ0) is 25.7. The number of carbonyl (C=O) groups is 2. The molecule has 3 aromatic rings. The molecule has 1 aliphatic rings. The highest BCUT2D eigenvalue weighted by Crippen LogP contribution is 2.38. The molecule has 190 valence electrons. The standard InChI is InChI=1S/C30H36N2O4/c1-5-27(30(34)31(4)20-25-12-9-17-35-25)36-24-14-13-22-15-16-32(28(33)18-21(2)3)29(26(22)19-24)23-10-7-6-8-11-23/h6-14,17,19,21,27,29H,5,15-16,18,20H2,1-4H3/t27-,29-/m1/s1. The molecule has 2 heterocycles. The van der Waals surface area contributed by atoms with Crippen LogP contribution in [0.25, 0.3) is 0 Å². The van der Waals surface area contributed by atoms with Crippen molar-refractivity contribution in [2.45, 2.75) is 58.7 Å². The summed E-state index contributed by atoms with van der Waals surface area (Å²) < 4.78 is 11.6. The van der Waals surface area contributed by atoms with Crippen molar-refractivity contribution in [1.29, 1.82) is 0 Å². The number of fused-ring (bicyclic) bond motifs is 1. The van der Waals surface area contributed by atoms with Crippen LogP contribution in [-0.2, 0) is 22.6 Å². The Morgan fingerprint density at radius 3 is 2.56 bits per heavy atom. The molecule has 0 saturated carbocycles. The number of hydrogen-bond acceptors (Lipinski definition) is 4. The summed E-state index contributed by atoms with van der Waals surface area (Å²) in [7, 11) is 1.76. The molecule has 0 N–H and O–H groups in total. The Labute approximate surface area is 213 Å². The summed E-state index contributed by atoms with van der Waals surface area (Å²) >= 11 is 0. The lowest BCUT2D eigenvalue weighted by Gasteiger charge is -2.38. The Morgan fingerprint density at radius 1 is 1.11 bits per heavy atom. The van der Waals surface area contributed by atoms with Gasteiger partial charge in [0.05, 0.1) is 18.8 Å². The lowest BCUT2D eigenvalue weighted by molar-refractivity contribution is -0.138. The van der Waals surface area contributed by atoms with Gasteiger partial charge in [0.25, 0.3) is 5.91 Å². The van der Waals surface area contributed by atoms with Crippen molar-refractivity contribution in [3.63, 3.8) is 0 Å². The summed E-state index contributed by atoms with van der Waals surface area (Å²) in [6.07, 6.45) is 2.85. The highest BCUT2D eigenvalue weighted by molar-refractivity contribution is 5.81. The Hall–Kier alpha value is -3.54. The topological polar surface area (TPSA) is 63.0 Å². The summed E-state index contributed by atoms with van der Waals surface area (Å²) in [6.45, 7) is 7.17. The first-order valence-corrected chi connectivity index (χ1v) is 12.8. The van der Waals surface area contributed by atoms with E-state index in [0.29, 0.717) is 37.6 Å². The quantitative estimate of drug-likeness (QED) is 0.392. The van der Waals surface area contributed by atoms with Gasteiger partial charge in [0.15, 0.2) is 6.10 Å². The third-order valence-corrected chi connectivity index (χ3v) is 6.64. The SMILES string of the molecule is CC[C@@H](Oc1ccc2c(c1)[C@@H](c1ccccc1)N(C(=O)CC(C)C)CC2)C(=O)N(C)Cc1ccco1. The third-order valence-electron chi connectivity index (χ3n) is 6.64. The van der Waals surface area contributed by atoms with Gasteiger partial charge in [0.1, 0.15) is 11.5 Å². The Balaban J connectivity index is 1.60. The highest BCUT2D eigenvalue weighted by Gasteiger charge is 2.33. The Morgan fingerprint density at radius 2 is 1.89 bits per heavy atom. The van der Waals surface area contributed by atoms with Crippen LogP contribution in [0.15, 0.2) is 71.3 Å². The van der Waals surface area contributed by atoms with Gasteiger partial charge < -0.3 is 19.0 Å². The average Bonchev–Trinajstić information content (AvgIpc) is 3.39. The summed E-state index contributed by atoms with van der Waals surface area (Å²) in [4.78, 5) is 30.0. The van der Waals surface area contributed by atoms with Crippen LogP contribution in [0.3, 0.4) is 0 Å². The van der Waals surface area contributed by atoms with E-state index >= 15 is 0 Å². The van der Waals surface area contributed by atoms with Gasteiger partial charge in [-0.1, -0.05) is 57.2 Å². The van der Waals surface area contributed by atoms with Crippen molar-refractivity contribution in [1.82, 2.24) is 9.80 Å². The number of amides is 2. The maximum atomic E-state index is 13.2. The first-order valence-electron chi connectivity index (χ1n) is 12.8. The van der Waals surface area contributed by atoms with E-state index in [0.717, 1.165) is 23.3 Å². The molecule has 0 radical (unpaired) electrons. The van der Waals surface area contributed by atoms with Crippen LogP contribution in [-0.4, -0.2) is 41.3 Å². The van der Waals surface area contributed by atoms with Crippen molar-refractivity contribution in [3.8, 4) is 5.75 Å². The number of ether oxygens (including phenoxy) is 1. The van der Waals surface area contributed by atoms with E-state index in [-0.39, 0.29) is 17.9 Å². The number of likely N-dealkylation sites (N-methyl/N-ethyl adjacent to an activating group) is 1. The zero-order valence-electron chi connectivity index (χ0n) is 21.6. The van der Waals surface area contributed by atoms with Gasteiger partial charge in [-0.25, -0.2) is 0 Å². The normalized spacial score (nSPS) is 15.9. The molecule has 6 heteroatoms. The maximum Gasteiger partial charge on any atom is 0.263 e. The molecular weight excluding hydrogens is 452 g/mol. The molecule has 1 aromatic heterocycles. The summed E-state index contributed by atoms with van der Waals surface area (Å²) in [5.41, 5.74) is 3.35. The second kappa shape index (κ2) is 11.5. The van der Waals surface area contributed by atoms with Crippen molar-refractivity contribution < 1.29 is 18.7 Å². The molecule has 36 heavy (non-hydrogen) atoms. The molecule has 1 aliphatic heterocycles. The van der Waals surface area contributed by atoms with Gasteiger partial charge in [0, 0.05) is 20.0 Å².